The molecule has 5 nitrogen and oxygen atoms in total. The van der Waals surface area contributed by atoms with Crippen molar-refractivity contribution in [2.24, 2.45) is 0 Å². The first kappa shape index (κ1) is 10.6. The van der Waals surface area contributed by atoms with Crippen LogP contribution in [0.3, 0.4) is 0 Å². The zero-order chi connectivity index (χ0) is 11.7. The van der Waals surface area contributed by atoms with E-state index >= 15 is 0 Å². The Kier molecular flexibility index (Phi) is 2.62. The Morgan fingerprint density at radius 1 is 1.50 bits per heavy atom. The van der Waals surface area contributed by atoms with Crippen LogP contribution < -0.4 is 0 Å². The van der Waals surface area contributed by atoms with Crippen molar-refractivity contribution in [1.29, 1.82) is 0 Å². The van der Waals surface area contributed by atoms with Crippen LogP contribution in [0.2, 0.25) is 5.02 Å². The molecule has 82 valence electrons. The highest BCUT2D eigenvalue weighted by atomic mass is 35.5. The molecule has 1 N–H and O–H groups in total. The molecule has 1 heterocycles. The van der Waals surface area contributed by atoms with E-state index in [4.69, 9.17) is 16.7 Å². The minimum atomic E-state index is -1.11. The van der Waals surface area contributed by atoms with Gasteiger partial charge in [0, 0.05) is 5.02 Å². The lowest BCUT2D eigenvalue weighted by molar-refractivity contribution is 0.0690. The third kappa shape index (κ3) is 1.77. The van der Waals surface area contributed by atoms with E-state index in [1.807, 2.05) is 6.92 Å². The highest BCUT2D eigenvalue weighted by Gasteiger charge is 2.11. The van der Waals surface area contributed by atoms with Crippen molar-refractivity contribution in [1.82, 2.24) is 15.0 Å². The number of benzene rings is 1. The molecule has 16 heavy (non-hydrogen) atoms. The Hall–Kier alpha value is -1.88. The van der Waals surface area contributed by atoms with Crippen LogP contribution in [0.5, 0.6) is 0 Å². The van der Waals surface area contributed by atoms with Crippen LogP contribution in [0.15, 0.2) is 24.4 Å². The lowest BCUT2D eigenvalue weighted by atomic mass is 10.2. The zero-order valence-corrected chi connectivity index (χ0v) is 9.14. The molecule has 6 heteroatoms. The molecule has 1 aromatic carbocycles. The molecule has 0 spiro atoms. The van der Waals surface area contributed by atoms with E-state index in [1.54, 1.807) is 18.2 Å². The summed E-state index contributed by atoms with van der Waals surface area (Å²) in [6, 6.07) is 5.28. The number of rotatable bonds is 2. The molecule has 0 aliphatic carbocycles. The van der Waals surface area contributed by atoms with Gasteiger partial charge in [-0.05, 0) is 24.6 Å². The van der Waals surface area contributed by atoms with Crippen LogP contribution >= 0.6 is 11.6 Å². The third-order valence-electron chi connectivity index (χ3n) is 2.17. The van der Waals surface area contributed by atoms with Gasteiger partial charge in [0.25, 0.3) is 0 Å². The van der Waals surface area contributed by atoms with Crippen LogP contribution in [-0.4, -0.2) is 26.1 Å². The first-order valence-electron chi connectivity index (χ1n) is 4.50. The molecular weight excluding hydrogens is 230 g/mol. The Bertz CT molecular complexity index is 551. The summed E-state index contributed by atoms with van der Waals surface area (Å²) in [4.78, 5) is 11.9. The van der Waals surface area contributed by atoms with E-state index in [-0.39, 0.29) is 5.69 Å². The number of aromatic carboxylic acids is 1. The maximum Gasteiger partial charge on any atom is 0.358 e. The largest absolute Gasteiger partial charge is 0.476 e. The highest BCUT2D eigenvalue weighted by molar-refractivity contribution is 6.31. The first-order chi connectivity index (χ1) is 7.59. The topological polar surface area (TPSA) is 68.0 Å². The summed E-state index contributed by atoms with van der Waals surface area (Å²) in [6.07, 6.45) is 1.20. The molecule has 0 bridgehead atoms. The third-order valence-corrected chi connectivity index (χ3v) is 2.58. The number of hydrogen-bond donors (Lipinski definition) is 1. The predicted molar refractivity (Wildman–Crippen MR) is 58.1 cm³/mol. The Balaban J connectivity index is 2.50. The smallest absolute Gasteiger partial charge is 0.358 e. The molecule has 0 aliphatic rings. The van der Waals surface area contributed by atoms with Crippen LogP contribution in [0.25, 0.3) is 5.69 Å². The number of hydrogen-bond acceptors (Lipinski definition) is 3. The van der Waals surface area contributed by atoms with Gasteiger partial charge in [0.15, 0.2) is 5.69 Å². The van der Waals surface area contributed by atoms with Crippen molar-refractivity contribution < 1.29 is 9.90 Å². The Morgan fingerprint density at radius 2 is 2.25 bits per heavy atom. The summed E-state index contributed by atoms with van der Waals surface area (Å²) in [6.45, 7) is 1.82. The second-order valence-electron chi connectivity index (χ2n) is 3.21. The van der Waals surface area contributed by atoms with E-state index in [0.717, 1.165) is 5.56 Å². The molecule has 0 radical (unpaired) electrons. The van der Waals surface area contributed by atoms with Crippen molar-refractivity contribution >= 4 is 17.6 Å². The maximum absolute atomic E-state index is 10.7. The van der Waals surface area contributed by atoms with Gasteiger partial charge in [-0.25, -0.2) is 4.79 Å². The predicted octanol–water partition coefficient (Wildman–Crippen LogP) is 1.93. The summed E-state index contributed by atoms with van der Waals surface area (Å²) in [5.41, 5.74) is 1.37. The monoisotopic (exact) mass is 237 g/mol. The highest BCUT2D eigenvalue weighted by Crippen LogP contribution is 2.20. The molecule has 0 fully saturated rings. The van der Waals surface area contributed by atoms with Gasteiger partial charge in [0.2, 0.25) is 0 Å². The van der Waals surface area contributed by atoms with Gasteiger partial charge in [-0.1, -0.05) is 17.7 Å². The van der Waals surface area contributed by atoms with Crippen molar-refractivity contribution in [3.63, 3.8) is 0 Å². The Morgan fingerprint density at radius 3 is 2.88 bits per heavy atom. The van der Waals surface area contributed by atoms with E-state index in [9.17, 15) is 4.79 Å². The van der Waals surface area contributed by atoms with Crippen LogP contribution in [0, 0.1) is 6.92 Å². The molecule has 0 unspecified atom stereocenters. The SMILES string of the molecule is Cc1c(Cl)cccc1-n1ncc(C(=O)O)n1. The molecule has 0 saturated heterocycles. The van der Waals surface area contributed by atoms with Crippen LogP contribution in [-0.2, 0) is 0 Å². The van der Waals surface area contributed by atoms with Gasteiger partial charge < -0.3 is 5.11 Å². The molecule has 1 aromatic heterocycles. The van der Waals surface area contributed by atoms with E-state index < -0.39 is 5.97 Å². The van der Waals surface area contributed by atoms with Crippen molar-refractivity contribution in [2.45, 2.75) is 6.92 Å². The second kappa shape index (κ2) is 3.94. The average Bonchev–Trinajstić information content (AvgIpc) is 2.71. The van der Waals surface area contributed by atoms with E-state index in [1.165, 1.54) is 11.0 Å². The molecule has 0 atom stereocenters. The van der Waals surface area contributed by atoms with Crippen molar-refractivity contribution in [3.8, 4) is 5.69 Å². The maximum atomic E-state index is 10.7. The molecule has 0 aliphatic heterocycles. The first-order valence-corrected chi connectivity index (χ1v) is 4.88. The van der Waals surface area contributed by atoms with Gasteiger partial charge in [-0.15, -0.1) is 5.10 Å². The lowest BCUT2D eigenvalue weighted by Gasteiger charge is -2.04. The molecule has 0 amide bonds. The number of halogens is 1. The number of aromatic nitrogens is 3. The number of carbonyl (C=O) groups is 1. The fourth-order valence-electron chi connectivity index (χ4n) is 1.29. The second-order valence-corrected chi connectivity index (χ2v) is 3.62. The van der Waals surface area contributed by atoms with Gasteiger partial charge in [0.05, 0.1) is 11.9 Å². The van der Waals surface area contributed by atoms with Crippen LogP contribution in [0.1, 0.15) is 16.1 Å². The number of nitrogens with zero attached hydrogens (tertiary/aromatic N) is 3. The molecular formula is C10H8ClN3O2. The minimum Gasteiger partial charge on any atom is -0.476 e. The summed E-state index contributed by atoms with van der Waals surface area (Å²) >= 11 is 5.95. The average molecular weight is 238 g/mol. The zero-order valence-electron chi connectivity index (χ0n) is 8.38. The van der Waals surface area contributed by atoms with Gasteiger partial charge >= 0.3 is 5.97 Å². The van der Waals surface area contributed by atoms with Gasteiger partial charge in [0.1, 0.15) is 0 Å². The summed E-state index contributed by atoms with van der Waals surface area (Å²) in [5.74, 6) is -1.11. The molecule has 0 saturated carbocycles. The minimum absolute atomic E-state index is 0.0978. The fourth-order valence-corrected chi connectivity index (χ4v) is 1.46. The van der Waals surface area contributed by atoms with Gasteiger partial charge in [-0.3, -0.25) is 0 Å². The van der Waals surface area contributed by atoms with Gasteiger partial charge in [-0.2, -0.15) is 9.90 Å². The summed E-state index contributed by atoms with van der Waals surface area (Å²) in [7, 11) is 0. The number of carboxylic acid groups (broad SMARTS) is 1. The quantitative estimate of drug-likeness (QED) is 0.867. The standard InChI is InChI=1S/C10H8ClN3O2/c1-6-7(11)3-2-4-9(6)14-12-5-8(13-14)10(15)16/h2-5H,1H3,(H,15,16). The van der Waals surface area contributed by atoms with E-state index in [2.05, 4.69) is 10.2 Å². The van der Waals surface area contributed by atoms with E-state index in [0.29, 0.717) is 10.7 Å². The summed E-state index contributed by atoms with van der Waals surface area (Å²) in [5, 5.41) is 17.0. The summed E-state index contributed by atoms with van der Waals surface area (Å²) < 4.78 is 0. The lowest BCUT2D eigenvalue weighted by Crippen LogP contribution is -2.04. The van der Waals surface area contributed by atoms with Crippen LogP contribution in [0.4, 0.5) is 0 Å². The normalized spacial score (nSPS) is 10.4. The van der Waals surface area contributed by atoms with Crippen molar-refractivity contribution in [3.05, 3.63) is 40.7 Å². The Labute approximate surface area is 96.3 Å². The van der Waals surface area contributed by atoms with Crippen molar-refractivity contribution in [2.75, 3.05) is 0 Å². The fraction of sp³-hybridized carbons (Fsp3) is 0.100. The number of carboxylic acids is 1. The molecule has 2 aromatic rings. The molecule has 2 rings (SSSR count).